The van der Waals surface area contributed by atoms with E-state index in [0.717, 1.165) is 35.7 Å². The summed E-state index contributed by atoms with van der Waals surface area (Å²) in [6, 6.07) is 7.88. The molecule has 1 aliphatic carbocycles. The SMILES string of the molecule is CNC(=O)C1CCCCC1NCc1nnc(-c2ccccc2Br)o1. The number of hydrogen-bond acceptors (Lipinski definition) is 5. The van der Waals surface area contributed by atoms with Crippen molar-refractivity contribution in [2.24, 2.45) is 5.92 Å². The minimum atomic E-state index is 0.00871. The molecule has 1 amide bonds. The van der Waals surface area contributed by atoms with Crippen molar-refractivity contribution in [3.63, 3.8) is 0 Å². The number of aromatic nitrogens is 2. The molecule has 0 spiro atoms. The number of hydrogen-bond donors (Lipinski definition) is 2. The molecule has 7 heteroatoms. The van der Waals surface area contributed by atoms with Crippen LogP contribution >= 0.6 is 15.9 Å². The lowest BCUT2D eigenvalue weighted by molar-refractivity contribution is -0.126. The average Bonchev–Trinajstić information content (AvgIpc) is 3.08. The fourth-order valence-electron chi connectivity index (χ4n) is 3.16. The van der Waals surface area contributed by atoms with Gasteiger partial charge in [-0.25, -0.2) is 0 Å². The first kappa shape index (κ1) is 17.1. The maximum Gasteiger partial charge on any atom is 0.248 e. The molecule has 0 radical (unpaired) electrons. The van der Waals surface area contributed by atoms with Gasteiger partial charge in [-0.1, -0.05) is 25.0 Å². The summed E-state index contributed by atoms with van der Waals surface area (Å²) in [6.45, 7) is 0.468. The quantitative estimate of drug-likeness (QED) is 0.817. The maximum absolute atomic E-state index is 12.0. The number of nitrogens with one attached hydrogen (secondary N) is 2. The Morgan fingerprint density at radius 1 is 1.29 bits per heavy atom. The number of carbonyl (C=O) groups is 1. The number of amides is 1. The summed E-state index contributed by atoms with van der Waals surface area (Å²) in [6.07, 6.45) is 4.15. The highest BCUT2D eigenvalue weighted by molar-refractivity contribution is 9.10. The molecule has 1 saturated carbocycles. The summed E-state index contributed by atoms with van der Waals surface area (Å²) >= 11 is 3.49. The van der Waals surface area contributed by atoms with Crippen LogP contribution < -0.4 is 10.6 Å². The smallest absolute Gasteiger partial charge is 0.248 e. The highest BCUT2D eigenvalue weighted by Gasteiger charge is 2.30. The van der Waals surface area contributed by atoms with Gasteiger partial charge in [0.2, 0.25) is 17.7 Å². The monoisotopic (exact) mass is 392 g/mol. The van der Waals surface area contributed by atoms with Crippen molar-refractivity contribution in [2.45, 2.75) is 38.3 Å². The van der Waals surface area contributed by atoms with Crippen molar-refractivity contribution in [1.82, 2.24) is 20.8 Å². The second-order valence-electron chi connectivity index (χ2n) is 5.97. The van der Waals surface area contributed by atoms with E-state index in [2.05, 4.69) is 36.8 Å². The van der Waals surface area contributed by atoms with E-state index in [0.29, 0.717) is 18.3 Å². The standard InChI is InChI=1S/C17H21BrN4O2/c1-19-16(23)12-7-3-5-9-14(12)20-10-15-21-22-17(24-15)11-6-2-4-8-13(11)18/h2,4,6,8,12,14,20H,3,5,7,9-10H2,1H3,(H,19,23). The predicted octanol–water partition coefficient (Wildman–Crippen LogP) is 2.89. The fraction of sp³-hybridized carbons (Fsp3) is 0.471. The third-order valence-electron chi connectivity index (χ3n) is 4.44. The van der Waals surface area contributed by atoms with Crippen LogP contribution in [0.4, 0.5) is 0 Å². The van der Waals surface area contributed by atoms with Gasteiger partial charge in [-0.05, 0) is 40.9 Å². The van der Waals surface area contributed by atoms with E-state index in [4.69, 9.17) is 4.42 Å². The molecule has 128 valence electrons. The van der Waals surface area contributed by atoms with E-state index in [1.807, 2.05) is 24.3 Å². The van der Waals surface area contributed by atoms with Crippen molar-refractivity contribution in [1.29, 1.82) is 0 Å². The van der Waals surface area contributed by atoms with E-state index in [1.165, 1.54) is 0 Å². The van der Waals surface area contributed by atoms with E-state index in [9.17, 15) is 4.79 Å². The first-order valence-corrected chi connectivity index (χ1v) is 9.00. The lowest BCUT2D eigenvalue weighted by Gasteiger charge is -2.30. The third-order valence-corrected chi connectivity index (χ3v) is 5.13. The maximum atomic E-state index is 12.0. The van der Waals surface area contributed by atoms with E-state index < -0.39 is 0 Å². The van der Waals surface area contributed by atoms with Gasteiger partial charge in [0.15, 0.2) is 0 Å². The molecule has 1 fully saturated rings. The lowest BCUT2D eigenvalue weighted by atomic mass is 9.84. The Kier molecular flexibility index (Phi) is 5.63. The summed E-state index contributed by atoms with van der Waals surface area (Å²) < 4.78 is 6.67. The van der Waals surface area contributed by atoms with Gasteiger partial charge in [-0.15, -0.1) is 10.2 Å². The van der Waals surface area contributed by atoms with Crippen LogP contribution in [0, 0.1) is 5.92 Å². The van der Waals surface area contributed by atoms with Gasteiger partial charge in [0, 0.05) is 17.6 Å². The first-order chi connectivity index (χ1) is 11.7. The Morgan fingerprint density at radius 2 is 2.08 bits per heavy atom. The summed E-state index contributed by atoms with van der Waals surface area (Å²) in [4.78, 5) is 12.0. The summed E-state index contributed by atoms with van der Waals surface area (Å²) in [5.74, 6) is 1.13. The molecule has 24 heavy (non-hydrogen) atoms. The molecule has 6 nitrogen and oxygen atoms in total. The highest BCUT2D eigenvalue weighted by atomic mass is 79.9. The van der Waals surface area contributed by atoms with Gasteiger partial charge >= 0.3 is 0 Å². The van der Waals surface area contributed by atoms with E-state index in [1.54, 1.807) is 7.05 Å². The molecule has 0 saturated heterocycles. The molecule has 1 aliphatic rings. The topological polar surface area (TPSA) is 80.0 Å². The van der Waals surface area contributed by atoms with Crippen LogP contribution in [-0.2, 0) is 11.3 Å². The molecular formula is C17H21BrN4O2. The molecule has 1 aromatic carbocycles. The number of rotatable bonds is 5. The highest BCUT2D eigenvalue weighted by Crippen LogP contribution is 2.27. The minimum Gasteiger partial charge on any atom is -0.419 e. The zero-order valence-corrected chi connectivity index (χ0v) is 15.2. The summed E-state index contributed by atoms with van der Waals surface area (Å²) in [7, 11) is 1.69. The number of carbonyl (C=O) groups excluding carboxylic acids is 1. The second kappa shape index (κ2) is 7.90. The Bertz CT molecular complexity index is 703. The predicted molar refractivity (Wildman–Crippen MR) is 94.1 cm³/mol. The zero-order valence-electron chi connectivity index (χ0n) is 13.6. The van der Waals surface area contributed by atoms with Crippen LogP contribution in [-0.4, -0.2) is 29.2 Å². The molecule has 0 aliphatic heterocycles. The van der Waals surface area contributed by atoms with E-state index >= 15 is 0 Å². The Balaban J connectivity index is 1.65. The van der Waals surface area contributed by atoms with Crippen LogP contribution in [0.1, 0.15) is 31.6 Å². The fourth-order valence-corrected chi connectivity index (χ4v) is 3.62. The summed E-state index contributed by atoms with van der Waals surface area (Å²) in [5.41, 5.74) is 0.872. The van der Waals surface area contributed by atoms with Crippen LogP contribution in [0.3, 0.4) is 0 Å². The number of nitrogens with zero attached hydrogens (tertiary/aromatic N) is 2. The van der Waals surface area contributed by atoms with Crippen molar-refractivity contribution < 1.29 is 9.21 Å². The average molecular weight is 393 g/mol. The molecule has 1 aromatic heterocycles. The number of benzene rings is 1. The Morgan fingerprint density at radius 3 is 2.88 bits per heavy atom. The molecule has 2 atom stereocenters. The van der Waals surface area contributed by atoms with Crippen molar-refractivity contribution >= 4 is 21.8 Å². The van der Waals surface area contributed by atoms with Crippen LogP contribution in [0.25, 0.3) is 11.5 Å². The summed E-state index contributed by atoms with van der Waals surface area (Å²) in [5, 5.41) is 14.4. The molecule has 2 unspecified atom stereocenters. The van der Waals surface area contributed by atoms with Crippen LogP contribution in [0.2, 0.25) is 0 Å². The van der Waals surface area contributed by atoms with E-state index in [-0.39, 0.29) is 17.9 Å². The molecule has 2 aromatic rings. The largest absolute Gasteiger partial charge is 0.419 e. The van der Waals surface area contributed by atoms with Crippen LogP contribution in [0.5, 0.6) is 0 Å². The van der Waals surface area contributed by atoms with Gasteiger partial charge < -0.3 is 15.1 Å². The lowest BCUT2D eigenvalue weighted by Crippen LogP contribution is -2.45. The van der Waals surface area contributed by atoms with Gasteiger partial charge in [0.05, 0.1) is 18.0 Å². The Hall–Kier alpha value is -1.73. The minimum absolute atomic E-state index is 0.00871. The van der Waals surface area contributed by atoms with Crippen molar-refractivity contribution in [3.8, 4) is 11.5 Å². The van der Waals surface area contributed by atoms with Crippen molar-refractivity contribution in [3.05, 3.63) is 34.6 Å². The number of halogens is 1. The zero-order chi connectivity index (χ0) is 16.9. The van der Waals surface area contributed by atoms with Gasteiger partial charge in [-0.3, -0.25) is 4.79 Å². The van der Waals surface area contributed by atoms with Gasteiger partial charge in [-0.2, -0.15) is 0 Å². The molecule has 3 rings (SSSR count). The van der Waals surface area contributed by atoms with Crippen LogP contribution in [0.15, 0.2) is 33.2 Å². The molecule has 1 heterocycles. The molecular weight excluding hydrogens is 372 g/mol. The normalized spacial score (nSPS) is 20.8. The molecule has 0 bridgehead atoms. The van der Waals surface area contributed by atoms with Crippen molar-refractivity contribution in [2.75, 3.05) is 7.05 Å². The first-order valence-electron chi connectivity index (χ1n) is 8.21. The van der Waals surface area contributed by atoms with Gasteiger partial charge in [0.1, 0.15) is 0 Å². The third kappa shape index (κ3) is 3.84. The second-order valence-corrected chi connectivity index (χ2v) is 6.83. The van der Waals surface area contributed by atoms with Gasteiger partial charge in [0.25, 0.3) is 0 Å². The Labute approximate surface area is 149 Å². The molecule has 2 N–H and O–H groups in total.